The number of nitrogens with one attached hydrogen (secondary N) is 1. The van der Waals surface area contributed by atoms with E-state index in [9.17, 15) is 9.59 Å². The fourth-order valence-corrected chi connectivity index (χ4v) is 2.04. The van der Waals surface area contributed by atoms with E-state index in [2.05, 4.69) is 14.9 Å². The van der Waals surface area contributed by atoms with E-state index >= 15 is 0 Å². The molecule has 1 heterocycles. The van der Waals surface area contributed by atoms with Crippen molar-refractivity contribution in [1.29, 1.82) is 0 Å². The van der Waals surface area contributed by atoms with Crippen LogP contribution >= 0.6 is 11.5 Å². The summed E-state index contributed by atoms with van der Waals surface area (Å²) in [6.07, 6.45) is 0.491. The van der Waals surface area contributed by atoms with Gasteiger partial charge < -0.3 is 10.4 Å². The van der Waals surface area contributed by atoms with E-state index in [1.54, 1.807) is 13.8 Å². The predicted molar refractivity (Wildman–Crippen MR) is 63.1 cm³/mol. The van der Waals surface area contributed by atoms with Crippen LogP contribution in [-0.4, -0.2) is 32.1 Å². The van der Waals surface area contributed by atoms with E-state index in [4.69, 9.17) is 5.11 Å². The highest BCUT2D eigenvalue weighted by atomic mass is 32.1. The summed E-state index contributed by atoms with van der Waals surface area (Å²) >= 11 is 1.02. The van der Waals surface area contributed by atoms with Crippen molar-refractivity contribution in [2.24, 2.45) is 0 Å². The molecule has 0 saturated carbocycles. The molecule has 1 aromatic heterocycles. The molecule has 1 aromatic rings. The summed E-state index contributed by atoms with van der Waals surface area (Å²) in [6, 6.07) is 0. The van der Waals surface area contributed by atoms with Gasteiger partial charge in [-0.2, -0.15) is 0 Å². The monoisotopic (exact) mass is 257 g/mol. The Morgan fingerprint density at radius 2 is 2.12 bits per heavy atom. The maximum atomic E-state index is 11.9. The highest BCUT2D eigenvalue weighted by molar-refractivity contribution is 7.08. The van der Waals surface area contributed by atoms with Gasteiger partial charge in [-0.15, -0.1) is 5.10 Å². The number of hydrogen-bond donors (Lipinski definition) is 2. The first-order valence-electron chi connectivity index (χ1n) is 5.21. The van der Waals surface area contributed by atoms with Crippen molar-refractivity contribution in [2.45, 2.75) is 39.2 Å². The van der Waals surface area contributed by atoms with Crippen LogP contribution in [0.4, 0.5) is 0 Å². The smallest absolute Gasteiger partial charge is 0.305 e. The van der Waals surface area contributed by atoms with Crippen molar-refractivity contribution in [3.63, 3.8) is 0 Å². The number of aliphatic carboxylic acids is 1. The maximum absolute atomic E-state index is 11.9. The zero-order chi connectivity index (χ0) is 13.1. The second kappa shape index (κ2) is 5.22. The molecule has 0 atom stereocenters. The lowest BCUT2D eigenvalue weighted by atomic mass is 10.0. The number of nitrogens with zero attached hydrogens (tertiary/aromatic N) is 2. The summed E-state index contributed by atoms with van der Waals surface area (Å²) in [6.45, 7) is 5.22. The summed E-state index contributed by atoms with van der Waals surface area (Å²) in [5, 5.41) is 15.2. The molecule has 0 aliphatic rings. The van der Waals surface area contributed by atoms with Gasteiger partial charge in [-0.1, -0.05) is 11.4 Å². The molecule has 0 fully saturated rings. The summed E-state index contributed by atoms with van der Waals surface area (Å²) in [4.78, 5) is 23.0. The van der Waals surface area contributed by atoms with Gasteiger partial charge >= 0.3 is 5.97 Å². The van der Waals surface area contributed by atoms with E-state index in [-0.39, 0.29) is 12.3 Å². The van der Waals surface area contributed by atoms with Crippen molar-refractivity contribution in [3.8, 4) is 0 Å². The molecule has 0 saturated heterocycles. The van der Waals surface area contributed by atoms with Crippen LogP contribution in [-0.2, 0) is 11.2 Å². The van der Waals surface area contributed by atoms with Crippen LogP contribution in [0.25, 0.3) is 0 Å². The van der Waals surface area contributed by atoms with Crippen LogP contribution in [0.1, 0.15) is 42.6 Å². The fraction of sp³-hybridized carbons (Fsp3) is 0.600. The normalized spacial score (nSPS) is 11.2. The molecule has 2 N–H and O–H groups in total. The van der Waals surface area contributed by atoms with Gasteiger partial charge in [0, 0.05) is 5.54 Å². The lowest BCUT2D eigenvalue weighted by molar-refractivity contribution is -0.138. The number of carbonyl (C=O) groups is 2. The summed E-state index contributed by atoms with van der Waals surface area (Å²) in [7, 11) is 0. The average molecular weight is 257 g/mol. The second-order valence-electron chi connectivity index (χ2n) is 4.31. The number of aromatic nitrogens is 2. The number of hydrogen-bond acceptors (Lipinski definition) is 5. The topological polar surface area (TPSA) is 92.2 Å². The molecule has 0 aliphatic heterocycles. The van der Waals surface area contributed by atoms with Gasteiger partial charge in [0.05, 0.1) is 12.1 Å². The van der Waals surface area contributed by atoms with Crippen LogP contribution in [0, 0.1) is 0 Å². The van der Waals surface area contributed by atoms with Crippen LogP contribution in [0.15, 0.2) is 0 Å². The second-order valence-corrected chi connectivity index (χ2v) is 5.06. The minimum absolute atomic E-state index is 0.133. The summed E-state index contributed by atoms with van der Waals surface area (Å²) in [5.41, 5.74) is -0.156. The molecule has 6 nitrogen and oxygen atoms in total. The number of carboxylic acids is 1. The zero-order valence-electron chi connectivity index (χ0n) is 9.98. The molecule has 0 aromatic carbocycles. The van der Waals surface area contributed by atoms with Crippen molar-refractivity contribution in [1.82, 2.24) is 14.9 Å². The van der Waals surface area contributed by atoms with E-state index in [1.165, 1.54) is 0 Å². The lowest BCUT2D eigenvalue weighted by Gasteiger charge is -2.23. The molecule has 1 rings (SSSR count). The van der Waals surface area contributed by atoms with Gasteiger partial charge in [0.2, 0.25) is 0 Å². The van der Waals surface area contributed by atoms with Gasteiger partial charge in [-0.05, 0) is 31.8 Å². The highest BCUT2D eigenvalue weighted by Gasteiger charge is 2.26. The predicted octanol–water partition coefficient (Wildman–Crippen LogP) is 1.08. The van der Waals surface area contributed by atoms with Crippen molar-refractivity contribution in [2.75, 3.05) is 0 Å². The SMILES string of the molecule is CCc1nnsc1C(=O)NC(C)(C)CC(=O)O. The average Bonchev–Trinajstić information content (AvgIpc) is 2.61. The molecule has 0 aliphatic carbocycles. The molecule has 0 bridgehead atoms. The van der Waals surface area contributed by atoms with E-state index in [0.717, 1.165) is 11.5 Å². The molecule has 0 radical (unpaired) electrons. The van der Waals surface area contributed by atoms with Gasteiger partial charge in [0.15, 0.2) is 0 Å². The molecule has 7 heteroatoms. The number of carbonyl (C=O) groups excluding carboxylic acids is 1. The van der Waals surface area contributed by atoms with E-state index < -0.39 is 11.5 Å². The molecule has 17 heavy (non-hydrogen) atoms. The van der Waals surface area contributed by atoms with Crippen LogP contribution in [0.5, 0.6) is 0 Å². The molecular formula is C10H15N3O3S. The maximum Gasteiger partial charge on any atom is 0.305 e. The number of carboxylic acid groups (broad SMARTS) is 1. The molecule has 0 spiro atoms. The van der Waals surface area contributed by atoms with Gasteiger partial charge in [-0.3, -0.25) is 9.59 Å². The third-order valence-electron chi connectivity index (χ3n) is 2.14. The molecule has 0 unspecified atom stereocenters. The molecular weight excluding hydrogens is 242 g/mol. The summed E-state index contributed by atoms with van der Waals surface area (Å²) in [5.74, 6) is -1.27. The Bertz CT molecular complexity index is 428. The first-order chi connectivity index (χ1) is 7.85. The Hall–Kier alpha value is -1.50. The third-order valence-corrected chi connectivity index (χ3v) is 2.91. The van der Waals surface area contributed by atoms with E-state index in [0.29, 0.717) is 17.0 Å². The standard InChI is InChI=1S/C10H15N3O3S/c1-4-6-8(17-13-12-6)9(16)11-10(2,3)5-7(14)15/h4-5H2,1-3H3,(H,11,16)(H,14,15). The van der Waals surface area contributed by atoms with E-state index in [1.807, 2.05) is 6.92 Å². The van der Waals surface area contributed by atoms with Gasteiger partial charge in [0.1, 0.15) is 4.88 Å². The van der Waals surface area contributed by atoms with Crippen molar-refractivity contribution >= 4 is 23.4 Å². The number of aryl methyl sites for hydroxylation is 1. The number of amides is 1. The zero-order valence-corrected chi connectivity index (χ0v) is 10.8. The molecule has 1 amide bonds. The largest absolute Gasteiger partial charge is 0.481 e. The highest BCUT2D eigenvalue weighted by Crippen LogP contribution is 2.14. The van der Waals surface area contributed by atoms with Crippen LogP contribution in [0.2, 0.25) is 0 Å². The van der Waals surface area contributed by atoms with Gasteiger partial charge in [-0.25, -0.2) is 0 Å². The van der Waals surface area contributed by atoms with Gasteiger partial charge in [0.25, 0.3) is 5.91 Å². The Labute approximate surface area is 103 Å². The number of rotatable bonds is 5. The Morgan fingerprint density at radius 3 is 2.65 bits per heavy atom. The Kier molecular flexibility index (Phi) is 4.17. The first kappa shape index (κ1) is 13.6. The lowest BCUT2D eigenvalue weighted by Crippen LogP contribution is -2.44. The van der Waals surface area contributed by atoms with Crippen LogP contribution in [0.3, 0.4) is 0 Å². The minimum atomic E-state index is -0.951. The Morgan fingerprint density at radius 1 is 1.47 bits per heavy atom. The Balaban J connectivity index is 2.75. The van der Waals surface area contributed by atoms with Crippen LogP contribution < -0.4 is 5.32 Å². The first-order valence-corrected chi connectivity index (χ1v) is 5.98. The van der Waals surface area contributed by atoms with Crippen molar-refractivity contribution in [3.05, 3.63) is 10.6 Å². The molecule has 94 valence electrons. The quantitative estimate of drug-likeness (QED) is 0.823. The minimum Gasteiger partial charge on any atom is -0.481 e. The fourth-order valence-electron chi connectivity index (χ4n) is 1.40. The summed E-state index contributed by atoms with van der Waals surface area (Å²) < 4.78 is 3.72. The van der Waals surface area contributed by atoms with Crippen molar-refractivity contribution < 1.29 is 14.7 Å². The third kappa shape index (κ3) is 3.77.